The summed E-state index contributed by atoms with van der Waals surface area (Å²) in [6, 6.07) is 10.6. The van der Waals surface area contributed by atoms with Crippen molar-refractivity contribution < 1.29 is 0 Å². The Morgan fingerprint density at radius 1 is 1.19 bits per heavy atom. The molecule has 1 heterocycles. The monoisotopic (exact) mass is 302 g/mol. The normalized spacial score (nSPS) is 12.4. The first kappa shape index (κ1) is 16.0. The van der Waals surface area contributed by atoms with Crippen LogP contribution in [0, 0.1) is 13.8 Å². The summed E-state index contributed by atoms with van der Waals surface area (Å²) < 4.78 is 0. The molecule has 2 aromatic rings. The van der Waals surface area contributed by atoms with Gasteiger partial charge in [-0.05, 0) is 49.6 Å². The highest BCUT2D eigenvalue weighted by molar-refractivity contribution is 6.32. The zero-order valence-corrected chi connectivity index (χ0v) is 13.7. The molecule has 0 aliphatic carbocycles. The average molecular weight is 303 g/mol. The minimum Gasteiger partial charge on any atom is -0.310 e. The summed E-state index contributed by atoms with van der Waals surface area (Å²) in [5.41, 5.74) is 4.55. The fraction of sp³-hybridized carbons (Fsp3) is 0.389. The third kappa shape index (κ3) is 4.29. The molecule has 0 saturated carbocycles. The maximum Gasteiger partial charge on any atom is 0.0483 e. The summed E-state index contributed by atoms with van der Waals surface area (Å²) >= 11 is 6.50. The Hall–Kier alpha value is -1.38. The second kappa shape index (κ2) is 7.58. The number of hydrogen-bond acceptors (Lipinski definition) is 2. The molecule has 0 amide bonds. The van der Waals surface area contributed by atoms with E-state index in [2.05, 4.69) is 48.4 Å². The van der Waals surface area contributed by atoms with Gasteiger partial charge in [0.1, 0.15) is 0 Å². The van der Waals surface area contributed by atoms with Crippen LogP contribution in [-0.2, 0) is 6.42 Å². The minimum atomic E-state index is 0.201. The number of pyridine rings is 1. The Morgan fingerprint density at radius 2 is 2.00 bits per heavy atom. The number of halogens is 1. The molecule has 0 saturated heterocycles. The lowest BCUT2D eigenvalue weighted by Crippen LogP contribution is -2.25. The topological polar surface area (TPSA) is 24.9 Å². The van der Waals surface area contributed by atoms with Gasteiger partial charge in [0.25, 0.3) is 0 Å². The number of hydrogen-bond donors (Lipinski definition) is 1. The highest BCUT2D eigenvalue weighted by atomic mass is 35.5. The summed E-state index contributed by atoms with van der Waals surface area (Å²) in [5.74, 6) is 0. The van der Waals surface area contributed by atoms with Crippen LogP contribution in [0.4, 0.5) is 0 Å². The molecule has 2 rings (SSSR count). The van der Waals surface area contributed by atoms with E-state index < -0.39 is 0 Å². The summed E-state index contributed by atoms with van der Waals surface area (Å²) in [4.78, 5) is 4.52. The van der Waals surface area contributed by atoms with Gasteiger partial charge >= 0.3 is 0 Å². The zero-order valence-electron chi connectivity index (χ0n) is 13.0. The molecule has 112 valence electrons. The summed E-state index contributed by atoms with van der Waals surface area (Å²) in [5, 5.41) is 4.45. The van der Waals surface area contributed by atoms with Crippen LogP contribution in [0.15, 0.2) is 36.5 Å². The van der Waals surface area contributed by atoms with E-state index in [1.807, 2.05) is 19.2 Å². The molecular weight excluding hydrogens is 280 g/mol. The van der Waals surface area contributed by atoms with Gasteiger partial charge in [-0.2, -0.15) is 0 Å². The van der Waals surface area contributed by atoms with Gasteiger partial charge in [0.2, 0.25) is 0 Å². The number of aryl methyl sites for hydroxylation is 2. The molecule has 0 aliphatic rings. The van der Waals surface area contributed by atoms with Gasteiger partial charge in [-0.25, -0.2) is 0 Å². The van der Waals surface area contributed by atoms with E-state index >= 15 is 0 Å². The van der Waals surface area contributed by atoms with Gasteiger partial charge in [0.15, 0.2) is 0 Å². The number of nitrogens with zero attached hydrogens (tertiary/aromatic N) is 1. The van der Waals surface area contributed by atoms with Crippen molar-refractivity contribution in [2.75, 3.05) is 6.54 Å². The smallest absolute Gasteiger partial charge is 0.0483 e. The van der Waals surface area contributed by atoms with E-state index in [-0.39, 0.29) is 6.04 Å². The second-order valence-corrected chi connectivity index (χ2v) is 5.89. The van der Waals surface area contributed by atoms with Crippen molar-refractivity contribution in [3.8, 4) is 0 Å². The lowest BCUT2D eigenvalue weighted by Gasteiger charge is -2.21. The fourth-order valence-electron chi connectivity index (χ4n) is 2.38. The predicted octanol–water partition coefficient (Wildman–Crippen LogP) is 4.64. The van der Waals surface area contributed by atoms with Crippen LogP contribution in [0.25, 0.3) is 0 Å². The van der Waals surface area contributed by atoms with Crippen molar-refractivity contribution in [3.63, 3.8) is 0 Å². The zero-order chi connectivity index (χ0) is 15.2. The Kier molecular flexibility index (Phi) is 5.77. The lowest BCUT2D eigenvalue weighted by molar-refractivity contribution is 0.524. The summed E-state index contributed by atoms with van der Waals surface area (Å²) in [6.07, 6.45) is 3.87. The predicted molar refractivity (Wildman–Crippen MR) is 89.9 cm³/mol. The molecule has 1 aromatic heterocycles. The quantitative estimate of drug-likeness (QED) is 0.841. The van der Waals surface area contributed by atoms with E-state index in [1.165, 1.54) is 5.56 Å². The molecule has 0 fully saturated rings. The van der Waals surface area contributed by atoms with Crippen LogP contribution in [0.3, 0.4) is 0 Å². The summed E-state index contributed by atoms with van der Waals surface area (Å²) in [7, 11) is 0. The fourth-order valence-corrected chi connectivity index (χ4v) is 2.64. The Balaban J connectivity index is 2.25. The third-order valence-corrected chi connectivity index (χ3v) is 4.14. The maximum atomic E-state index is 6.50. The first-order valence-corrected chi connectivity index (χ1v) is 7.89. The molecular formula is C18H23ClN2. The molecule has 0 aliphatic heterocycles. The highest BCUT2D eigenvalue weighted by Gasteiger charge is 2.16. The molecule has 1 unspecified atom stereocenters. The third-order valence-electron chi connectivity index (χ3n) is 3.62. The van der Waals surface area contributed by atoms with Crippen LogP contribution >= 0.6 is 11.6 Å². The second-order valence-electron chi connectivity index (χ2n) is 5.52. The van der Waals surface area contributed by atoms with E-state index in [0.29, 0.717) is 0 Å². The first-order valence-electron chi connectivity index (χ1n) is 7.51. The van der Waals surface area contributed by atoms with E-state index in [4.69, 9.17) is 11.6 Å². The average Bonchev–Trinajstić information content (AvgIpc) is 2.48. The first-order chi connectivity index (χ1) is 10.1. The lowest BCUT2D eigenvalue weighted by atomic mass is 9.99. The van der Waals surface area contributed by atoms with Crippen molar-refractivity contribution in [1.29, 1.82) is 0 Å². The van der Waals surface area contributed by atoms with Crippen LogP contribution < -0.4 is 5.32 Å². The van der Waals surface area contributed by atoms with Gasteiger partial charge in [-0.1, -0.05) is 42.8 Å². The molecule has 0 spiro atoms. The SMILES string of the molecule is CCCNC(Cc1ccc(C)cn1)c1cccc(C)c1Cl. The number of rotatable bonds is 6. The Labute approximate surface area is 132 Å². The van der Waals surface area contributed by atoms with Crippen molar-refractivity contribution in [1.82, 2.24) is 10.3 Å². The molecule has 2 nitrogen and oxygen atoms in total. The number of benzene rings is 1. The largest absolute Gasteiger partial charge is 0.310 e. The van der Waals surface area contributed by atoms with Gasteiger partial charge in [-0.15, -0.1) is 0 Å². The van der Waals surface area contributed by atoms with Crippen LogP contribution in [0.1, 0.15) is 41.8 Å². The molecule has 1 atom stereocenters. The Morgan fingerprint density at radius 3 is 2.67 bits per heavy atom. The van der Waals surface area contributed by atoms with Gasteiger partial charge < -0.3 is 5.32 Å². The van der Waals surface area contributed by atoms with Crippen molar-refractivity contribution in [2.45, 2.75) is 39.7 Å². The van der Waals surface area contributed by atoms with Gasteiger partial charge in [0, 0.05) is 29.4 Å². The molecule has 1 aromatic carbocycles. The number of aromatic nitrogens is 1. The molecule has 1 N–H and O–H groups in total. The molecule has 21 heavy (non-hydrogen) atoms. The van der Waals surface area contributed by atoms with E-state index in [0.717, 1.165) is 41.2 Å². The van der Waals surface area contributed by atoms with Gasteiger partial charge in [-0.3, -0.25) is 4.98 Å². The molecule has 0 radical (unpaired) electrons. The summed E-state index contributed by atoms with van der Waals surface area (Å²) in [6.45, 7) is 7.25. The van der Waals surface area contributed by atoms with E-state index in [1.54, 1.807) is 0 Å². The van der Waals surface area contributed by atoms with Crippen molar-refractivity contribution in [2.24, 2.45) is 0 Å². The van der Waals surface area contributed by atoms with Crippen molar-refractivity contribution in [3.05, 3.63) is 63.9 Å². The minimum absolute atomic E-state index is 0.201. The van der Waals surface area contributed by atoms with Gasteiger partial charge in [0.05, 0.1) is 0 Å². The maximum absolute atomic E-state index is 6.50. The van der Waals surface area contributed by atoms with Crippen LogP contribution in [-0.4, -0.2) is 11.5 Å². The van der Waals surface area contributed by atoms with Crippen LogP contribution in [0.2, 0.25) is 5.02 Å². The number of nitrogens with one attached hydrogen (secondary N) is 1. The molecule has 3 heteroatoms. The van der Waals surface area contributed by atoms with E-state index in [9.17, 15) is 0 Å². The Bertz CT molecular complexity index is 578. The molecule has 0 bridgehead atoms. The highest BCUT2D eigenvalue weighted by Crippen LogP contribution is 2.28. The van der Waals surface area contributed by atoms with Crippen LogP contribution in [0.5, 0.6) is 0 Å². The van der Waals surface area contributed by atoms with Crippen molar-refractivity contribution >= 4 is 11.6 Å². The standard InChI is InChI=1S/C18H23ClN2/c1-4-10-20-17(11-15-9-8-13(2)12-21-15)16-7-5-6-14(3)18(16)19/h5-9,12,17,20H,4,10-11H2,1-3H3.